The van der Waals surface area contributed by atoms with Gasteiger partial charge in [-0.15, -0.1) is 0 Å². The molecule has 2 aliphatic rings. The molecular weight excluding hydrogens is 254 g/mol. The van der Waals surface area contributed by atoms with Crippen molar-refractivity contribution in [2.24, 2.45) is 0 Å². The third-order valence-corrected chi connectivity index (χ3v) is 3.65. The van der Waals surface area contributed by atoms with E-state index in [0.717, 1.165) is 25.0 Å². The van der Waals surface area contributed by atoms with Crippen molar-refractivity contribution in [1.82, 2.24) is 4.90 Å². The molecule has 2 atom stereocenters. The average Bonchev–Trinajstić information content (AvgIpc) is 2.72. The van der Waals surface area contributed by atoms with E-state index < -0.39 is 11.6 Å². The molecule has 0 aromatic heterocycles. The standard InChI is InChI=1S/C13H14F2N2O2/c14-10-3-9(12(16)4-11(10)15)13(18)17-5-7-1-2-8(6-17)19-7/h3-4,7-8H,1-2,5-6,16H2. The molecule has 1 aromatic rings. The maximum absolute atomic E-state index is 13.2. The second-order valence-electron chi connectivity index (χ2n) is 5.02. The molecule has 6 heteroatoms. The summed E-state index contributed by atoms with van der Waals surface area (Å²) in [4.78, 5) is 13.9. The van der Waals surface area contributed by atoms with Crippen molar-refractivity contribution in [2.45, 2.75) is 25.0 Å². The minimum atomic E-state index is -1.06. The minimum Gasteiger partial charge on any atom is -0.398 e. The van der Waals surface area contributed by atoms with E-state index in [0.29, 0.717) is 13.1 Å². The van der Waals surface area contributed by atoms with E-state index in [4.69, 9.17) is 10.5 Å². The van der Waals surface area contributed by atoms with E-state index in [1.807, 2.05) is 0 Å². The number of nitrogens with zero attached hydrogens (tertiary/aromatic N) is 1. The number of likely N-dealkylation sites (tertiary alicyclic amines) is 1. The Morgan fingerprint density at radius 2 is 1.79 bits per heavy atom. The lowest BCUT2D eigenvalue weighted by Gasteiger charge is -2.32. The Morgan fingerprint density at radius 3 is 2.42 bits per heavy atom. The Bertz CT molecular complexity index is 524. The molecule has 19 heavy (non-hydrogen) atoms. The first-order valence-electron chi connectivity index (χ1n) is 6.24. The molecule has 0 saturated carbocycles. The Kier molecular flexibility index (Phi) is 2.89. The number of hydrogen-bond donors (Lipinski definition) is 1. The zero-order valence-corrected chi connectivity index (χ0v) is 10.2. The number of anilines is 1. The summed E-state index contributed by atoms with van der Waals surface area (Å²) in [6.07, 6.45) is 1.96. The van der Waals surface area contributed by atoms with Crippen LogP contribution in [0.4, 0.5) is 14.5 Å². The lowest BCUT2D eigenvalue weighted by Crippen LogP contribution is -2.46. The Morgan fingerprint density at radius 1 is 1.21 bits per heavy atom. The lowest BCUT2D eigenvalue weighted by molar-refractivity contribution is -0.0303. The van der Waals surface area contributed by atoms with Crippen LogP contribution >= 0.6 is 0 Å². The van der Waals surface area contributed by atoms with Crippen LogP contribution in [0.25, 0.3) is 0 Å². The van der Waals surface area contributed by atoms with Crippen molar-refractivity contribution in [3.63, 3.8) is 0 Å². The first-order chi connectivity index (χ1) is 9.04. The van der Waals surface area contributed by atoms with E-state index in [9.17, 15) is 13.6 Å². The zero-order valence-electron chi connectivity index (χ0n) is 10.2. The number of rotatable bonds is 1. The van der Waals surface area contributed by atoms with Gasteiger partial charge >= 0.3 is 0 Å². The first-order valence-corrected chi connectivity index (χ1v) is 6.24. The van der Waals surface area contributed by atoms with Crippen LogP contribution in [-0.2, 0) is 4.74 Å². The van der Waals surface area contributed by atoms with Gasteiger partial charge in [0.25, 0.3) is 5.91 Å². The van der Waals surface area contributed by atoms with Crippen LogP contribution in [0.3, 0.4) is 0 Å². The maximum Gasteiger partial charge on any atom is 0.256 e. The topological polar surface area (TPSA) is 55.6 Å². The smallest absolute Gasteiger partial charge is 0.256 e. The summed E-state index contributed by atoms with van der Waals surface area (Å²) < 4.78 is 31.9. The largest absolute Gasteiger partial charge is 0.398 e. The highest BCUT2D eigenvalue weighted by molar-refractivity contribution is 5.99. The number of benzene rings is 1. The molecule has 2 unspecified atom stereocenters. The fourth-order valence-electron chi connectivity index (χ4n) is 2.70. The van der Waals surface area contributed by atoms with Gasteiger partial charge in [0, 0.05) is 24.8 Å². The van der Waals surface area contributed by atoms with Crippen molar-refractivity contribution in [3.8, 4) is 0 Å². The van der Waals surface area contributed by atoms with Gasteiger partial charge in [0.15, 0.2) is 11.6 Å². The number of carbonyl (C=O) groups is 1. The summed E-state index contributed by atoms with van der Waals surface area (Å²) in [7, 11) is 0. The lowest BCUT2D eigenvalue weighted by atomic mass is 10.1. The molecule has 2 fully saturated rings. The van der Waals surface area contributed by atoms with Crippen LogP contribution in [0.1, 0.15) is 23.2 Å². The van der Waals surface area contributed by atoms with E-state index in [1.165, 1.54) is 0 Å². The van der Waals surface area contributed by atoms with E-state index in [2.05, 4.69) is 0 Å². The minimum absolute atomic E-state index is 0.0141. The third-order valence-electron chi connectivity index (χ3n) is 3.65. The predicted molar refractivity (Wildman–Crippen MR) is 64.6 cm³/mol. The van der Waals surface area contributed by atoms with Gasteiger partial charge in [0.1, 0.15) is 0 Å². The number of amides is 1. The van der Waals surface area contributed by atoms with Crippen molar-refractivity contribution >= 4 is 11.6 Å². The molecule has 1 aromatic carbocycles. The Labute approximate surface area is 109 Å². The molecule has 2 N–H and O–H groups in total. The van der Waals surface area contributed by atoms with Gasteiger partial charge in [-0.05, 0) is 18.9 Å². The molecular formula is C13H14F2N2O2. The van der Waals surface area contributed by atoms with Gasteiger partial charge in [-0.3, -0.25) is 4.79 Å². The number of nitrogens with two attached hydrogens (primary N) is 1. The van der Waals surface area contributed by atoms with Gasteiger partial charge in [-0.25, -0.2) is 8.78 Å². The van der Waals surface area contributed by atoms with E-state index >= 15 is 0 Å². The predicted octanol–water partition coefficient (Wildman–Crippen LogP) is 1.55. The molecule has 4 nitrogen and oxygen atoms in total. The molecule has 2 aliphatic heterocycles. The Hall–Kier alpha value is -1.69. The van der Waals surface area contributed by atoms with Gasteiger partial charge in [0.05, 0.1) is 17.8 Å². The molecule has 3 rings (SSSR count). The number of morpholine rings is 1. The van der Waals surface area contributed by atoms with Crippen LogP contribution in [0.15, 0.2) is 12.1 Å². The molecule has 2 bridgehead atoms. The fourth-order valence-corrected chi connectivity index (χ4v) is 2.70. The highest BCUT2D eigenvalue weighted by atomic mass is 19.2. The second-order valence-corrected chi connectivity index (χ2v) is 5.02. The van der Waals surface area contributed by atoms with E-state index in [1.54, 1.807) is 4.90 Å². The number of fused-ring (bicyclic) bond motifs is 2. The molecule has 102 valence electrons. The normalized spacial score (nSPS) is 25.7. The number of ether oxygens (including phenoxy) is 1. The van der Waals surface area contributed by atoms with E-state index in [-0.39, 0.29) is 29.4 Å². The monoisotopic (exact) mass is 268 g/mol. The van der Waals surface area contributed by atoms with Gasteiger partial charge in [-0.2, -0.15) is 0 Å². The second kappa shape index (κ2) is 4.45. The number of halogens is 2. The zero-order chi connectivity index (χ0) is 13.6. The number of nitrogen functional groups attached to an aromatic ring is 1. The van der Waals surface area contributed by atoms with Crippen LogP contribution in [-0.4, -0.2) is 36.1 Å². The molecule has 0 radical (unpaired) electrons. The highest BCUT2D eigenvalue weighted by Gasteiger charge is 2.36. The van der Waals surface area contributed by atoms with Gasteiger partial charge in [-0.1, -0.05) is 0 Å². The quantitative estimate of drug-likeness (QED) is 0.786. The Balaban J connectivity index is 1.86. The summed E-state index contributed by atoms with van der Waals surface area (Å²) in [6.45, 7) is 0.960. The van der Waals surface area contributed by atoms with Crippen molar-refractivity contribution < 1.29 is 18.3 Å². The summed E-state index contributed by atoms with van der Waals surface area (Å²) in [5.41, 5.74) is 5.57. The van der Waals surface area contributed by atoms with Crippen LogP contribution < -0.4 is 5.73 Å². The van der Waals surface area contributed by atoms with Crippen LogP contribution in [0.2, 0.25) is 0 Å². The van der Waals surface area contributed by atoms with Crippen molar-refractivity contribution in [2.75, 3.05) is 18.8 Å². The number of hydrogen-bond acceptors (Lipinski definition) is 3. The summed E-state index contributed by atoms with van der Waals surface area (Å²) in [5, 5.41) is 0. The third kappa shape index (κ3) is 2.16. The molecule has 0 aliphatic carbocycles. The SMILES string of the molecule is Nc1cc(F)c(F)cc1C(=O)N1CC2CCC(C1)O2. The summed E-state index contributed by atoms with van der Waals surface area (Å²) in [6, 6.07) is 1.71. The summed E-state index contributed by atoms with van der Waals surface area (Å²) in [5.74, 6) is -2.47. The van der Waals surface area contributed by atoms with Crippen molar-refractivity contribution in [3.05, 3.63) is 29.3 Å². The first kappa shape index (κ1) is 12.3. The molecule has 2 saturated heterocycles. The maximum atomic E-state index is 13.2. The van der Waals surface area contributed by atoms with Gasteiger partial charge in [0.2, 0.25) is 0 Å². The number of carbonyl (C=O) groups excluding carboxylic acids is 1. The van der Waals surface area contributed by atoms with Crippen molar-refractivity contribution in [1.29, 1.82) is 0 Å². The van der Waals surface area contributed by atoms with Crippen LogP contribution in [0.5, 0.6) is 0 Å². The fraction of sp³-hybridized carbons (Fsp3) is 0.462. The molecule has 2 heterocycles. The molecule has 0 spiro atoms. The molecule has 1 amide bonds. The van der Waals surface area contributed by atoms with Crippen LogP contribution in [0, 0.1) is 11.6 Å². The highest BCUT2D eigenvalue weighted by Crippen LogP contribution is 2.28. The van der Waals surface area contributed by atoms with Gasteiger partial charge < -0.3 is 15.4 Å². The average molecular weight is 268 g/mol. The summed E-state index contributed by atoms with van der Waals surface area (Å²) >= 11 is 0.